The van der Waals surface area contributed by atoms with Crippen molar-refractivity contribution in [1.29, 1.82) is 0 Å². The van der Waals surface area contributed by atoms with Crippen molar-refractivity contribution >= 4 is 0 Å². The fraction of sp³-hybridized carbons (Fsp3) is 0.571. The van der Waals surface area contributed by atoms with Gasteiger partial charge in [0.2, 0.25) is 0 Å². The Balaban J connectivity index is 0.951. The topological polar surface area (TPSA) is 24.9 Å². The second kappa shape index (κ2) is 10.8. The Morgan fingerprint density at radius 2 is 1.53 bits per heavy atom. The van der Waals surface area contributed by atoms with E-state index in [9.17, 15) is 0 Å². The monoisotopic (exact) mass is 434 g/mol. The lowest BCUT2D eigenvalue weighted by atomic mass is 10.1. The molecule has 2 heterocycles. The van der Waals surface area contributed by atoms with Crippen LogP contribution in [-0.4, -0.2) is 55.7 Å². The highest BCUT2D eigenvalue weighted by molar-refractivity contribution is 5.28. The molecule has 0 unspecified atom stereocenters. The summed E-state index contributed by atoms with van der Waals surface area (Å²) in [5.41, 5.74) is 2.58. The molecule has 4 nitrogen and oxygen atoms in total. The van der Waals surface area contributed by atoms with Gasteiger partial charge in [-0.2, -0.15) is 0 Å². The molecule has 0 N–H and O–H groups in total. The van der Waals surface area contributed by atoms with Gasteiger partial charge in [0.25, 0.3) is 0 Å². The molecule has 0 amide bonds. The highest BCUT2D eigenvalue weighted by Gasteiger charge is 2.55. The smallest absolute Gasteiger partial charge is 0.119 e. The minimum absolute atomic E-state index is 0.622. The van der Waals surface area contributed by atoms with Crippen LogP contribution in [0.5, 0.6) is 5.75 Å². The van der Waals surface area contributed by atoms with Crippen LogP contribution >= 0.6 is 0 Å². The molecule has 3 atom stereocenters. The van der Waals surface area contributed by atoms with Gasteiger partial charge in [0.1, 0.15) is 12.4 Å². The van der Waals surface area contributed by atoms with E-state index < -0.39 is 0 Å². The first-order chi connectivity index (χ1) is 15.8. The molecule has 1 saturated carbocycles. The van der Waals surface area contributed by atoms with E-state index in [4.69, 9.17) is 9.47 Å². The van der Waals surface area contributed by atoms with Crippen LogP contribution in [0.25, 0.3) is 0 Å². The van der Waals surface area contributed by atoms with E-state index in [1.165, 1.54) is 69.5 Å². The van der Waals surface area contributed by atoms with Gasteiger partial charge in [-0.25, -0.2) is 0 Å². The van der Waals surface area contributed by atoms with Crippen LogP contribution in [0.1, 0.15) is 36.8 Å². The van der Waals surface area contributed by atoms with E-state index >= 15 is 0 Å². The molecule has 0 spiro atoms. The third kappa shape index (κ3) is 5.92. The average Bonchev–Trinajstić information content (AvgIpc) is 3.29. The van der Waals surface area contributed by atoms with Crippen molar-refractivity contribution in [1.82, 2.24) is 9.80 Å². The van der Waals surface area contributed by atoms with Gasteiger partial charge in [-0.3, -0.25) is 4.90 Å². The summed E-state index contributed by atoms with van der Waals surface area (Å²) in [4.78, 5) is 5.22. The molecule has 3 aliphatic rings. The molecule has 3 fully saturated rings. The molecule has 4 heteroatoms. The Kier molecular flexibility index (Phi) is 7.42. The van der Waals surface area contributed by atoms with Gasteiger partial charge in [0, 0.05) is 32.8 Å². The molecule has 2 aromatic rings. The Labute approximate surface area is 193 Å². The third-order valence-corrected chi connectivity index (χ3v) is 7.55. The number of benzene rings is 2. The maximum Gasteiger partial charge on any atom is 0.119 e. The second-order valence-electron chi connectivity index (χ2n) is 9.93. The largest absolute Gasteiger partial charge is 0.489 e. The molecule has 1 aliphatic carbocycles. The first-order valence-electron chi connectivity index (χ1n) is 12.6. The second-order valence-corrected chi connectivity index (χ2v) is 9.93. The summed E-state index contributed by atoms with van der Waals surface area (Å²) in [7, 11) is 0. The Morgan fingerprint density at radius 3 is 2.28 bits per heavy atom. The summed E-state index contributed by atoms with van der Waals surface area (Å²) in [6.07, 6.45) is 5.38. The molecule has 2 saturated heterocycles. The fourth-order valence-corrected chi connectivity index (χ4v) is 5.60. The van der Waals surface area contributed by atoms with Crippen molar-refractivity contribution in [2.45, 2.75) is 38.8 Å². The first-order valence-corrected chi connectivity index (χ1v) is 12.6. The van der Waals surface area contributed by atoms with Gasteiger partial charge in [-0.15, -0.1) is 0 Å². The molecule has 0 aromatic heterocycles. The maximum absolute atomic E-state index is 6.05. The Morgan fingerprint density at radius 1 is 0.781 bits per heavy atom. The normalized spacial score (nSPS) is 25.6. The van der Waals surface area contributed by atoms with Crippen LogP contribution in [0, 0.1) is 17.8 Å². The van der Waals surface area contributed by atoms with Gasteiger partial charge >= 0.3 is 0 Å². The van der Waals surface area contributed by atoms with Gasteiger partial charge in [-0.05, 0) is 73.4 Å². The van der Waals surface area contributed by atoms with Crippen LogP contribution in [0.2, 0.25) is 0 Å². The highest BCUT2D eigenvalue weighted by Crippen LogP contribution is 2.52. The van der Waals surface area contributed by atoms with Gasteiger partial charge in [0.05, 0.1) is 6.61 Å². The van der Waals surface area contributed by atoms with Gasteiger partial charge < -0.3 is 14.4 Å². The number of hydrogen-bond acceptors (Lipinski definition) is 4. The zero-order chi connectivity index (χ0) is 21.6. The third-order valence-electron chi connectivity index (χ3n) is 7.55. The number of ether oxygens (including phenoxy) is 2. The molecule has 2 aliphatic heterocycles. The summed E-state index contributed by atoms with van der Waals surface area (Å²) in [6, 6.07) is 19.0. The lowest BCUT2D eigenvalue weighted by molar-refractivity contribution is 0.0967. The van der Waals surface area contributed by atoms with E-state index in [0.29, 0.717) is 6.61 Å². The molecule has 172 valence electrons. The molecule has 2 aromatic carbocycles. The van der Waals surface area contributed by atoms with Crippen LogP contribution in [0.4, 0.5) is 0 Å². The predicted octanol–water partition coefficient (Wildman–Crippen LogP) is 4.84. The molecule has 0 radical (unpaired) electrons. The van der Waals surface area contributed by atoms with Crippen LogP contribution in [0.3, 0.4) is 0 Å². The summed E-state index contributed by atoms with van der Waals surface area (Å²) in [5.74, 6) is 3.49. The van der Waals surface area contributed by atoms with E-state index in [1.54, 1.807) is 0 Å². The van der Waals surface area contributed by atoms with Crippen LogP contribution in [0.15, 0.2) is 54.6 Å². The van der Waals surface area contributed by atoms with Gasteiger partial charge in [0.15, 0.2) is 0 Å². The van der Waals surface area contributed by atoms with Crippen molar-refractivity contribution < 1.29 is 9.47 Å². The molecule has 5 rings (SSSR count). The summed E-state index contributed by atoms with van der Waals surface area (Å²) < 4.78 is 12.0. The van der Waals surface area contributed by atoms with Crippen molar-refractivity contribution in [3.8, 4) is 5.75 Å². The molecule has 32 heavy (non-hydrogen) atoms. The number of rotatable bonds is 11. The van der Waals surface area contributed by atoms with Crippen molar-refractivity contribution in [2.75, 3.05) is 45.9 Å². The van der Waals surface area contributed by atoms with E-state index in [0.717, 1.165) is 43.3 Å². The molecule has 0 bridgehead atoms. The van der Waals surface area contributed by atoms with Crippen LogP contribution < -0.4 is 4.74 Å². The Bertz CT molecular complexity index is 807. The zero-order valence-electron chi connectivity index (χ0n) is 19.3. The van der Waals surface area contributed by atoms with Crippen molar-refractivity contribution in [3.05, 3.63) is 65.7 Å². The number of fused-ring (bicyclic) bond motifs is 1. The summed E-state index contributed by atoms with van der Waals surface area (Å²) >= 11 is 0. The fourth-order valence-electron chi connectivity index (χ4n) is 5.60. The first kappa shape index (κ1) is 21.9. The average molecular weight is 435 g/mol. The number of hydrogen-bond donors (Lipinski definition) is 0. The number of likely N-dealkylation sites (tertiary alicyclic amines) is 2. The van der Waals surface area contributed by atoms with E-state index in [-0.39, 0.29) is 0 Å². The SMILES string of the molecule is c1ccc(COc2ccc(CN3C[C@@H]4[C@H](COCCCN5CCCCC5)[C@@H]4C3)cc2)cc1. The lowest BCUT2D eigenvalue weighted by Gasteiger charge is -2.26. The van der Waals surface area contributed by atoms with Gasteiger partial charge in [-0.1, -0.05) is 48.9 Å². The highest BCUT2D eigenvalue weighted by atomic mass is 16.5. The van der Waals surface area contributed by atoms with Crippen molar-refractivity contribution in [2.24, 2.45) is 17.8 Å². The number of nitrogens with zero attached hydrogens (tertiary/aromatic N) is 2. The quantitative estimate of drug-likeness (QED) is 0.473. The standard InChI is InChI=1S/C28H38N2O2/c1-3-8-24(9-4-1)21-32-25-12-10-23(11-13-25)18-30-19-26-27(20-30)28(26)22-31-17-7-16-29-14-5-2-6-15-29/h1,3-4,8-13,26-28H,2,5-7,14-22H2/t26-,27+,28-. The molecular weight excluding hydrogens is 396 g/mol. The van der Waals surface area contributed by atoms with E-state index in [1.807, 2.05) is 6.07 Å². The lowest BCUT2D eigenvalue weighted by Crippen LogP contribution is -2.31. The van der Waals surface area contributed by atoms with E-state index in [2.05, 4.69) is 58.3 Å². The minimum atomic E-state index is 0.622. The summed E-state index contributed by atoms with van der Waals surface area (Å²) in [6.45, 7) is 9.88. The summed E-state index contributed by atoms with van der Waals surface area (Å²) in [5, 5.41) is 0. The number of piperidine rings is 2. The Hall–Kier alpha value is -1.88. The van der Waals surface area contributed by atoms with Crippen molar-refractivity contribution in [3.63, 3.8) is 0 Å². The predicted molar refractivity (Wildman–Crippen MR) is 129 cm³/mol. The maximum atomic E-state index is 6.05. The van der Waals surface area contributed by atoms with Crippen LogP contribution in [-0.2, 0) is 17.9 Å². The minimum Gasteiger partial charge on any atom is -0.489 e. The molecular formula is C28H38N2O2. The zero-order valence-corrected chi connectivity index (χ0v) is 19.3.